The number of nitrogens with zero attached hydrogens (tertiary/aromatic N) is 2. The fraction of sp³-hybridized carbons (Fsp3) is 0.600. The van der Waals surface area contributed by atoms with Gasteiger partial charge in [-0.25, -0.2) is 16.8 Å². The van der Waals surface area contributed by atoms with Gasteiger partial charge in [0.2, 0.25) is 21.8 Å². The van der Waals surface area contributed by atoms with Crippen molar-refractivity contribution in [3.8, 4) is 0 Å². The fourth-order valence-electron chi connectivity index (χ4n) is 4.15. The van der Waals surface area contributed by atoms with Crippen molar-refractivity contribution < 1.29 is 26.4 Å². The second kappa shape index (κ2) is 8.51. The van der Waals surface area contributed by atoms with Crippen LogP contribution in [0.25, 0.3) is 0 Å². The van der Waals surface area contributed by atoms with Crippen LogP contribution >= 0.6 is 0 Å². The largest absolute Gasteiger partial charge is 0.350 e. The van der Waals surface area contributed by atoms with Gasteiger partial charge in [-0.15, -0.1) is 0 Å². The minimum atomic E-state index is -3.59. The molecule has 0 spiro atoms. The molecule has 0 aliphatic carbocycles. The van der Waals surface area contributed by atoms with Gasteiger partial charge in [0.15, 0.2) is 9.84 Å². The molecule has 2 saturated heterocycles. The Labute approximate surface area is 183 Å². The summed E-state index contributed by atoms with van der Waals surface area (Å²) in [6.07, 6.45) is 0.377. The Hall–Kier alpha value is -1.98. The maximum Gasteiger partial charge on any atom is 0.243 e. The van der Waals surface area contributed by atoms with Gasteiger partial charge in [-0.2, -0.15) is 4.31 Å². The molecule has 0 saturated carbocycles. The van der Waals surface area contributed by atoms with Gasteiger partial charge in [0, 0.05) is 31.7 Å². The number of sulfone groups is 1. The van der Waals surface area contributed by atoms with Crippen molar-refractivity contribution in [2.24, 2.45) is 5.92 Å². The first-order chi connectivity index (χ1) is 14.4. The molecular weight excluding hydrogens is 442 g/mol. The molecule has 0 radical (unpaired) electrons. The van der Waals surface area contributed by atoms with E-state index in [4.69, 9.17) is 0 Å². The van der Waals surface area contributed by atoms with E-state index in [2.05, 4.69) is 5.32 Å². The summed E-state index contributed by atoms with van der Waals surface area (Å²) in [7, 11) is -6.75. The molecule has 2 heterocycles. The molecule has 172 valence electrons. The van der Waals surface area contributed by atoms with Crippen molar-refractivity contribution in [2.45, 2.75) is 44.0 Å². The normalized spacial score (nSPS) is 25.9. The Morgan fingerprint density at radius 3 is 2.35 bits per heavy atom. The van der Waals surface area contributed by atoms with Gasteiger partial charge in [0.05, 0.1) is 27.9 Å². The molecule has 2 aliphatic rings. The van der Waals surface area contributed by atoms with Crippen LogP contribution in [0.1, 0.15) is 33.6 Å². The summed E-state index contributed by atoms with van der Waals surface area (Å²) < 4.78 is 50.1. The molecule has 0 bridgehead atoms. The maximum atomic E-state index is 12.7. The number of hydrogen-bond donors (Lipinski definition) is 1. The third-order valence-corrected chi connectivity index (χ3v) is 9.88. The van der Waals surface area contributed by atoms with Gasteiger partial charge in [-0.1, -0.05) is 13.8 Å². The first kappa shape index (κ1) is 23.7. The molecule has 2 amide bonds. The zero-order valence-corrected chi connectivity index (χ0v) is 19.6. The molecule has 2 fully saturated rings. The summed E-state index contributed by atoms with van der Waals surface area (Å²) in [5.41, 5.74) is -0.291. The highest BCUT2D eigenvalue weighted by Crippen LogP contribution is 2.29. The number of hydrogen-bond acceptors (Lipinski definition) is 6. The molecule has 0 aromatic heterocycles. The molecule has 9 nitrogen and oxygen atoms in total. The molecule has 31 heavy (non-hydrogen) atoms. The number of carbonyl (C=O) groups excluding carboxylic acids is 2. The standard InChI is InChI=1S/C20H29N3O6S2/c1-4-22(5-2)31(28,29)17-8-6-16(7-9-17)23-13-15(12-18(23)24)19(25)21-20(3)10-11-30(26,27)14-20/h6-9,15H,4-5,10-14H2,1-3H3,(H,21,25)/t15-,20-/m0/s1. The van der Waals surface area contributed by atoms with Crippen molar-refractivity contribution in [3.63, 3.8) is 0 Å². The molecule has 11 heteroatoms. The van der Waals surface area contributed by atoms with Crippen LogP contribution in [0.15, 0.2) is 29.2 Å². The van der Waals surface area contributed by atoms with Crippen LogP contribution in [0.4, 0.5) is 5.69 Å². The summed E-state index contributed by atoms with van der Waals surface area (Å²) in [5, 5.41) is 2.82. The number of benzene rings is 1. The van der Waals surface area contributed by atoms with Crippen LogP contribution in [0.2, 0.25) is 0 Å². The molecular formula is C20H29N3O6S2. The molecule has 1 N–H and O–H groups in total. The second-order valence-electron chi connectivity index (χ2n) is 8.38. The highest BCUT2D eigenvalue weighted by atomic mass is 32.2. The third kappa shape index (κ3) is 4.93. The van der Waals surface area contributed by atoms with E-state index < -0.39 is 31.3 Å². The first-order valence-electron chi connectivity index (χ1n) is 10.3. The number of carbonyl (C=O) groups is 2. The number of sulfonamides is 1. The smallest absolute Gasteiger partial charge is 0.243 e. The summed E-state index contributed by atoms with van der Waals surface area (Å²) in [5.74, 6) is -1.22. The van der Waals surface area contributed by atoms with Gasteiger partial charge < -0.3 is 10.2 Å². The Kier molecular flexibility index (Phi) is 6.50. The van der Waals surface area contributed by atoms with Gasteiger partial charge in [-0.3, -0.25) is 9.59 Å². The van der Waals surface area contributed by atoms with E-state index in [0.717, 1.165) is 0 Å². The minimum Gasteiger partial charge on any atom is -0.350 e. The van der Waals surface area contributed by atoms with E-state index in [9.17, 15) is 26.4 Å². The van der Waals surface area contributed by atoms with Gasteiger partial charge in [-0.05, 0) is 37.6 Å². The van der Waals surface area contributed by atoms with Crippen molar-refractivity contribution >= 4 is 37.4 Å². The molecule has 1 aromatic rings. The third-order valence-electron chi connectivity index (χ3n) is 5.92. The summed E-state index contributed by atoms with van der Waals surface area (Å²) in [6.45, 7) is 6.13. The number of anilines is 1. The molecule has 2 atom stereocenters. The maximum absolute atomic E-state index is 12.7. The predicted molar refractivity (Wildman–Crippen MR) is 117 cm³/mol. The lowest BCUT2D eigenvalue weighted by atomic mass is 9.99. The topological polar surface area (TPSA) is 121 Å². The van der Waals surface area contributed by atoms with E-state index in [0.29, 0.717) is 25.2 Å². The average molecular weight is 472 g/mol. The monoisotopic (exact) mass is 471 g/mol. The zero-order valence-electron chi connectivity index (χ0n) is 18.0. The van der Waals surface area contributed by atoms with Gasteiger partial charge in [0.25, 0.3) is 0 Å². The van der Waals surface area contributed by atoms with Crippen molar-refractivity contribution in [1.29, 1.82) is 0 Å². The van der Waals surface area contributed by atoms with Crippen LogP contribution in [-0.4, -0.2) is 69.6 Å². The summed E-state index contributed by atoms with van der Waals surface area (Å²) >= 11 is 0. The van der Waals surface area contributed by atoms with E-state index >= 15 is 0 Å². The lowest BCUT2D eigenvalue weighted by molar-refractivity contribution is -0.127. The quantitative estimate of drug-likeness (QED) is 0.627. The highest BCUT2D eigenvalue weighted by molar-refractivity contribution is 7.91. The number of rotatable bonds is 7. The SMILES string of the molecule is CCN(CC)S(=O)(=O)c1ccc(N2C[C@@H](C(=O)N[C@@]3(C)CCS(=O)(=O)C3)CC2=O)cc1. The van der Waals surface area contributed by atoms with Crippen molar-refractivity contribution in [1.82, 2.24) is 9.62 Å². The molecule has 2 aliphatic heterocycles. The van der Waals surface area contributed by atoms with Crippen LogP contribution < -0.4 is 10.2 Å². The predicted octanol–water partition coefficient (Wildman–Crippen LogP) is 0.763. The van der Waals surface area contributed by atoms with Crippen LogP contribution in [0, 0.1) is 5.92 Å². The average Bonchev–Trinajstić information content (AvgIpc) is 3.21. The van der Waals surface area contributed by atoms with Crippen LogP contribution in [-0.2, 0) is 29.4 Å². The van der Waals surface area contributed by atoms with E-state index in [-0.39, 0.29) is 41.2 Å². The van der Waals surface area contributed by atoms with Crippen molar-refractivity contribution in [3.05, 3.63) is 24.3 Å². The van der Waals surface area contributed by atoms with E-state index in [1.165, 1.54) is 21.3 Å². The zero-order chi connectivity index (χ0) is 23.0. The Balaban J connectivity index is 1.70. The number of amides is 2. The Morgan fingerprint density at radius 2 is 1.84 bits per heavy atom. The Bertz CT molecular complexity index is 1060. The highest BCUT2D eigenvalue weighted by Gasteiger charge is 2.42. The summed E-state index contributed by atoms with van der Waals surface area (Å²) in [6, 6.07) is 6.07. The molecule has 1 aromatic carbocycles. The lowest BCUT2D eigenvalue weighted by Crippen LogP contribution is -2.49. The summed E-state index contributed by atoms with van der Waals surface area (Å²) in [4.78, 5) is 26.8. The Morgan fingerprint density at radius 1 is 1.23 bits per heavy atom. The second-order valence-corrected chi connectivity index (χ2v) is 12.5. The van der Waals surface area contributed by atoms with E-state index in [1.54, 1.807) is 32.9 Å². The molecule has 3 rings (SSSR count). The van der Waals surface area contributed by atoms with Crippen LogP contribution in [0.3, 0.4) is 0 Å². The van der Waals surface area contributed by atoms with E-state index in [1.807, 2.05) is 0 Å². The van der Waals surface area contributed by atoms with Crippen molar-refractivity contribution in [2.75, 3.05) is 36.0 Å². The fourth-order valence-corrected chi connectivity index (χ4v) is 7.70. The minimum absolute atomic E-state index is 0.0220. The first-order valence-corrected chi connectivity index (χ1v) is 13.6. The molecule has 0 unspecified atom stereocenters. The van der Waals surface area contributed by atoms with Gasteiger partial charge >= 0.3 is 0 Å². The van der Waals surface area contributed by atoms with Crippen LogP contribution in [0.5, 0.6) is 0 Å². The lowest BCUT2D eigenvalue weighted by Gasteiger charge is -2.25. The van der Waals surface area contributed by atoms with Gasteiger partial charge in [0.1, 0.15) is 0 Å². The number of nitrogens with one attached hydrogen (secondary N) is 1.